The van der Waals surface area contributed by atoms with E-state index in [4.69, 9.17) is 30.8 Å². The zero-order valence-corrected chi connectivity index (χ0v) is 35.8. The van der Waals surface area contributed by atoms with Crippen LogP contribution in [0.15, 0.2) is 60.7 Å². The standard InChI is InChI=1S/C46H48ClF6N3O6/c1-6-60-45(31-15-13-27(22-32(31)47)23-36(57)61-44-42(52)40(50)39(49)41(51)43(44)53)56-34-11-8-7-10-33(34)54-35(56)12-9-20-55(4)21-19-46(62-37(58)25-59-5)18-17-28-24-29(48)14-16-30(28)38(46)26(2)3/h7-8,10-11,13-16,22,24,26,38,45H,6,9,12,17-21,23,25H2,1-5H3/t38-,45?,46-/m0/s1. The van der Waals surface area contributed by atoms with Crippen molar-refractivity contribution in [3.05, 3.63) is 129 Å². The lowest BCUT2D eigenvalue weighted by Gasteiger charge is -2.47. The van der Waals surface area contributed by atoms with Crippen LogP contribution in [0, 0.1) is 40.8 Å². The molecule has 0 fully saturated rings. The van der Waals surface area contributed by atoms with Gasteiger partial charge in [0.15, 0.2) is 6.23 Å². The van der Waals surface area contributed by atoms with E-state index in [1.165, 1.54) is 25.3 Å². The molecular weight excluding hydrogens is 840 g/mol. The van der Waals surface area contributed by atoms with Crippen LogP contribution in [0.5, 0.6) is 5.75 Å². The van der Waals surface area contributed by atoms with Crippen LogP contribution in [-0.2, 0) is 43.1 Å². The number of carbonyl (C=O) groups is 2. The van der Waals surface area contributed by atoms with Gasteiger partial charge in [-0.25, -0.2) is 27.3 Å². The van der Waals surface area contributed by atoms with Gasteiger partial charge in [-0.3, -0.25) is 9.36 Å². The molecule has 5 aromatic rings. The molecule has 0 radical (unpaired) electrons. The van der Waals surface area contributed by atoms with Crippen molar-refractivity contribution in [2.75, 3.05) is 40.5 Å². The summed E-state index contributed by atoms with van der Waals surface area (Å²) in [6.45, 7) is 7.37. The van der Waals surface area contributed by atoms with E-state index in [9.17, 15) is 35.9 Å². The Hall–Kier alpha value is -4.96. The monoisotopic (exact) mass is 887 g/mol. The number of esters is 2. The highest BCUT2D eigenvalue weighted by atomic mass is 35.5. The molecule has 16 heteroatoms. The van der Waals surface area contributed by atoms with E-state index in [1.807, 2.05) is 48.9 Å². The number of nitrogens with zero attached hydrogens (tertiary/aromatic N) is 3. The van der Waals surface area contributed by atoms with Crippen molar-refractivity contribution in [2.45, 2.75) is 77.0 Å². The van der Waals surface area contributed by atoms with Gasteiger partial charge in [-0.1, -0.05) is 55.8 Å². The molecule has 1 aromatic heterocycles. The molecule has 1 heterocycles. The van der Waals surface area contributed by atoms with Gasteiger partial charge in [0.05, 0.1) is 17.5 Å². The summed E-state index contributed by atoms with van der Waals surface area (Å²) in [5, 5.41) is 0.170. The first kappa shape index (κ1) is 46.5. The molecule has 1 unspecified atom stereocenters. The number of benzene rings is 4. The third-order valence-corrected chi connectivity index (χ3v) is 11.5. The Bertz CT molecular complexity index is 2400. The van der Waals surface area contributed by atoms with Gasteiger partial charge in [0, 0.05) is 49.6 Å². The van der Waals surface area contributed by atoms with Crippen molar-refractivity contribution in [1.82, 2.24) is 14.5 Å². The number of hydrogen-bond donors (Lipinski definition) is 0. The highest BCUT2D eigenvalue weighted by Crippen LogP contribution is 2.48. The second-order valence-electron chi connectivity index (χ2n) is 15.8. The highest BCUT2D eigenvalue weighted by Gasteiger charge is 2.48. The van der Waals surface area contributed by atoms with Crippen molar-refractivity contribution in [1.29, 1.82) is 0 Å². The van der Waals surface area contributed by atoms with Gasteiger partial charge in [-0.15, -0.1) is 0 Å². The molecule has 6 rings (SSSR count). The number of aromatic nitrogens is 2. The molecule has 9 nitrogen and oxygen atoms in total. The molecule has 62 heavy (non-hydrogen) atoms. The number of methoxy groups -OCH3 is 1. The molecule has 0 saturated carbocycles. The molecule has 0 spiro atoms. The molecule has 1 aliphatic carbocycles. The van der Waals surface area contributed by atoms with Gasteiger partial charge in [-0.05, 0) is 92.7 Å². The average Bonchev–Trinajstić information content (AvgIpc) is 3.60. The Morgan fingerprint density at radius 2 is 1.65 bits per heavy atom. The summed E-state index contributed by atoms with van der Waals surface area (Å²) in [6.07, 6.45) is 1.50. The minimum Gasteiger partial charge on any atom is -0.457 e. The summed E-state index contributed by atoms with van der Waals surface area (Å²) in [4.78, 5) is 32.8. The van der Waals surface area contributed by atoms with Crippen molar-refractivity contribution in [3.8, 4) is 5.75 Å². The summed E-state index contributed by atoms with van der Waals surface area (Å²) in [6, 6.07) is 17.0. The number of rotatable bonds is 18. The van der Waals surface area contributed by atoms with E-state index in [-0.39, 0.29) is 41.5 Å². The van der Waals surface area contributed by atoms with Crippen molar-refractivity contribution >= 4 is 34.6 Å². The van der Waals surface area contributed by atoms with Crippen LogP contribution in [-0.4, -0.2) is 72.5 Å². The topological polar surface area (TPSA) is 92.1 Å². The predicted octanol–water partition coefficient (Wildman–Crippen LogP) is 9.82. The van der Waals surface area contributed by atoms with E-state index >= 15 is 0 Å². The minimum atomic E-state index is -2.37. The molecule has 0 aliphatic heterocycles. The fourth-order valence-electron chi connectivity index (χ4n) is 8.53. The number of ether oxygens (including phenoxy) is 4. The van der Waals surface area contributed by atoms with Crippen LogP contribution in [0.1, 0.15) is 80.3 Å². The number of fused-ring (bicyclic) bond motifs is 2. The molecule has 3 atom stereocenters. The van der Waals surface area contributed by atoms with Crippen molar-refractivity contribution in [3.63, 3.8) is 0 Å². The Morgan fingerprint density at radius 3 is 2.32 bits per heavy atom. The van der Waals surface area contributed by atoms with Gasteiger partial charge >= 0.3 is 11.9 Å². The summed E-state index contributed by atoms with van der Waals surface area (Å²) >= 11 is 6.81. The van der Waals surface area contributed by atoms with E-state index in [2.05, 4.69) is 23.5 Å². The second-order valence-corrected chi connectivity index (χ2v) is 16.2. The number of hydrogen-bond acceptors (Lipinski definition) is 8. The molecule has 332 valence electrons. The zero-order valence-electron chi connectivity index (χ0n) is 35.0. The van der Waals surface area contributed by atoms with E-state index < -0.39 is 65.0 Å². The maximum Gasteiger partial charge on any atom is 0.332 e. The first-order chi connectivity index (χ1) is 29.6. The number of imidazole rings is 1. The summed E-state index contributed by atoms with van der Waals surface area (Å²) in [7, 11) is 3.46. The Labute approximate surface area is 360 Å². The molecular formula is C46H48ClF6N3O6. The average molecular weight is 888 g/mol. The van der Waals surface area contributed by atoms with Crippen LogP contribution in [0.25, 0.3) is 11.0 Å². The Kier molecular flexibility index (Phi) is 15.0. The minimum absolute atomic E-state index is 0.0941. The maximum absolute atomic E-state index is 14.3. The zero-order chi connectivity index (χ0) is 44.9. The Morgan fingerprint density at radius 1 is 0.935 bits per heavy atom. The number of halogens is 7. The third kappa shape index (κ3) is 9.96. The van der Waals surface area contributed by atoms with Crippen LogP contribution >= 0.6 is 11.6 Å². The van der Waals surface area contributed by atoms with Gasteiger partial charge < -0.3 is 23.8 Å². The van der Waals surface area contributed by atoms with E-state index in [0.717, 1.165) is 22.2 Å². The number of carbonyl (C=O) groups excluding carboxylic acids is 2. The number of aryl methyl sites for hydroxylation is 2. The normalized spacial score (nSPS) is 16.8. The lowest BCUT2D eigenvalue weighted by Crippen LogP contribution is -2.49. The largest absolute Gasteiger partial charge is 0.457 e. The molecule has 0 saturated heterocycles. The fourth-order valence-corrected chi connectivity index (χ4v) is 8.83. The molecule has 0 bridgehead atoms. The quantitative estimate of drug-likeness (QED) is 0.0283. The van der Waals surface area contributed by atoms with Crippen LogP contribution in [0.4, 0.5) is 26.3 Å². The van der Waals surface area contributed by atoms with Crippen LogP contribution in [0.2, 0.25) is 5.02 Å². The van der Waals surface area contributed by atoms with Gasteiger partial charge in [-0.2, -0.15) is 8.78 Å². The SMILES string of the molecule is CCOC(c1ccc(CC(=O)Oc2c(F)c(F)c(F)c(F)c2F)cc1Cl)n1c(CCCN(C)CC[C@@]2(OC(=O)COC)CCc3cc(F)ccc3[C@@H]2C(C)C)nc2ccccc21. The lowest BCUT2D eigenvalue weighted by molar-refractivity contribution is -0.172. The van der Waals surface area contributed by atoms with Crippen molar-refractivity contribution < 1.29 is 54.9 Å². The predicted molar refractivity (Wildman–Crippen MR) is 220 cm³/mol. The Balaban J connectivity index is 1.18. The maximum atomic E-state index is 14.3. The van der Waals surface area contributed by atoms with Crippen LogP contribution < -0.4 is 4.74 Å². The highest BCUT2D eigenvalue weighted by molar-refractivity contribution is 6.31. The smallest absolute Gasteiger partial charge is 0.332 e. The van der Waals surface area contributed by atoms with Crippen LogP contribution in [0.3, 0.4) is 0 Å². The van der Waals surface area contributed by atoms with Gasteiger partial charge in [0.2, 0.25) is 34.8 Å². The fraction of sp³-hybridized carbons (Fsp3) is 0.413. The van der Waals surface area contributed by atoms with Gasteiger partial charge in [0.25, 0.3) is 0 Å². The van der Waals surface area contributed by atoms with E-state index in [1.54, 1.807) is 12.1 Å². The van der Waals surface area contributed by atoms with Crippen molar-refractivity contribution in [2.24, 2.45) is 5.92 Å². The van der Waals surface area contributed by atoms with E-state index in [0.29, 0.717) is 56.6 Å². The molecule has 0 N–H and O–H groups in total. The molecule has 4 aromatic carbocycles. The third-order valence-electron chi connectivity index (χ3n) is 11.2. The number of para-hydroxylation sites is 2. The first-order valence-electron chi connectivity index (χ1n) is 20.3. The summed E-state index contributed by atoms with van der Waals surface area (Å²) in [5.41, 5.74) is 3.34. The first-order valence-corrected chi connectivity index (χ1v) is 20.7. The second kappa shape index (κ2) is 20.0. The summed E-state index contributed by atoms with van der Waals surface area (Å²) < 4.78 is 108. The summed E-state index contributed by atoms with van der Waals surface area (Å²) in [5.74, 6) is -14.5. The van der Waals surface area contributed by atoms with Gasteiger partial charge in [0.1, 0.15) is 23.8 Å². The molecule has 1 aliphatic rings. The molecule has 0 amide bonds. The lowest BCUT2D eigenvalue weighted by atomic mass is 9.65.